The van der Waals surface area contributed by atoms with E-state index in [2.05, 4.69) is 14.8 Å². The number of carbonyl (C=O) groups excluding carboxylic acids is 4. The third-order valence-corrected chi connectivity index (χ3v) is 3.48. The first-order valence-electron chi connectivity index (χ1n) is 7.85. The Balaban J connectivity index is 2.33. The molecule has 0 amide bonds. The number of ether oxygens (including phenoxy) is 5. The van der Waals surface area contributed by atoms with Gasteiger partial charge >= 0.3 is 23.9 Å². The fourth-order valence-corrected chi connectivity index (χ4v) is 2.49. The maximum absolute atomic E-state index is 11.5. The van der Waals surface area contributed by atoms with Crippen LogP contribution in [-0.2, 0) is 38.1 Å². The molecule has 0 saturated carbocycles. The van der Waals surface area contributed by atoms with E-state index in [0.717, 1.165) is 4.68 Å². The molecular weight excluding hydrogens is 366 g/mol. The zero-order valence-electron chi connectivity index (χ0n) is 15.1. The molecule has 0 bridgehead atoms. The highest BCUT2D eigenvalue weighted by atomic mass is 16.7. The minimum Gasteiger partial charge on any atom is -0.463 e. The average Bonchev–Trinajstić information content (AvgIpc) is 3.18. The Labute approximate surface area is 153 Å². The van der Waals surface area contributed by atoms with Crippen LogP contribution in [0.4, 0.5) is 0 Å². The van der Waals surface area contributed by atoms with Crippen LogP contribution in [0.25, 0.3) is 0 Å². The standard InChI is InChI=1S/C15H19N3O9/c1-7(19)24-5-10-11(25-8(2)20)12(26-9(3)21)14(27-10)18-6-16-13(17-18)15(22)23-4/h6,10-12,14H,5H2,1-4H3/t10-,11+,12+,14+/m1/s1. The van der Waals surface area contributed by atoms with Gasteiger partial charge in [-0.1, -0.05) is 0 Å². The van der Waals surface area contributed by atoms with Gasteiger partial charge in [0.2, 0.25) is 0 Å². The van der Waals surface area contributed by atoms with Crippen LogP contribution in [-0.4, -0.2) is 70.7 Å². The molecule has 12 heteroatoms. The summed E-state index contributed by atoms with van der Waals surface area (Å²) >= 11 is 0. The van der Waals surface area contributed by atoms with Gasteiger partial charge in [-0.15, -0.1) is 5.10 Å². The van der Waals surface area contributed by atoms with Crippen molar-refractivity contribution in [1.29, 1.82) is 0 Å². The fourth-order valence-electron chi connectivity index (χ4n) is 2.49. The van der Waals surface area contributed by atoms with Gasteiger partial charge in [-0.2, -0.15) is 0 Å². The third kappa shape index (κ3) is 5.00. The Bertz CT molecular complexity index is 732. The molecule has 0 spiro atoms. The summed E-state index contributed by atoms with van der Waals surface area (Å²) < 4.78 is 26.8. The molecule has 2 heterocycles. The van der Waals surface area contributed by atoms with Gasteiger partial charge in [0.25, 0.3) is 5.82 Å². The Hall–Kier alpha value is -3.02. The minimum absolute atomic E-state index is 0.241. The second kappa shape index (κ2) is 8.58. The second-order valence-corrected chi connectivity index (χ2v) is 5.56. The van der Waals surface area contributed by atoms with Gasteiger partial charge in [-0.05, 0) is 0 Å². The molecule has 148 valence electrons. The van der Waals surface area contributed by atoms with Crippen LogP contribution in [0.15, 0.2) is 6.33 Å². The van der Waals surface area contributed by atoms with E-state index in [1.54, 1.807) is 0 Å². The molecule has 0 radical (unpaired) electrons. The summed E-state index contributed by atoms with van der Waals surface area (Å²) in [6.07, 6.45) is -3.02. The van der Waals surface area contributed by atoms with Crippen LogP contribution in [0.3, 0.4) is 0 Å². The van der Waals surface area contributed by atoms with Gasteiger partial charge in [-0.25, -0.2) is 14.5 Å². The van der Waals surface area contributed by atoms with Crippen LogP contribution in [0.5, 0.6) is 0 Å². The second-order valence-electron chi connectivity index (χ2n) is 5.56. The highest BCUT2D eigenvalue weighted by Crippen LogP contribution is 2.34. The molecule has 1 saturated heterocycles. The van der Waals surface area contributed by atoms with E-state index < -0.39 is 48.4 Å². The SMILES string of the molecule is COC(=O)c1ncn([C@H]2O[C@H](COC(C)=O)[C@H](OC(C)=O)[C@@H]2OC(C)=O)n1. The van der Waals surface area contributed by atoms with Crippen molar-refractivity contribution in [1.82, 2.24) is 14.8 Å². The lowest BCUT2D eigenvalue weighted by molar-refractivity contribution is -0.166. The Morgan fingerprint density at radius 2 is 1.70 bits per heavy atom. The van der Waals surface area contributed by atoms with Crippen molar-refractivity contribution in [3.05, 3.63) is 12.2 Å². The number of hydrogen-bond acceptors (Lipinski definition) is 11. The molecule has 1 aromatic heterocycles. The maximum atomic E-state index is 11.5. The topological polar surface area (TPSA) is 145 Å². The van der Waals surface area contributed by atoms with E-state index in [1.807, 2.05) is 0 Å². The molecule has 1 aliphatic rings. The maximum Gasteiger partial charge on any atom is 0.377 e. The van der Waals surface area contributed by atoms with Crippen LogP contribution in [0.2, 0.25) is 0 Å². The zero-order valence-corrected chi connectivity index (χ0v) is 15.1. The van der Waals surface area contributed by atoms with Gasteiger partial charge in [-0.3, -0.25) is 14.4 Å². The number of carbonyl (C=O) groups is 4. The molecule has 0 N–H and O–H groups in total. The van der Waals surface area contributed by atoms with Crippen LogP contribution < -0.4 is 0 Å². The van der Waals surface area contributed by atoms with Crippen molar-refractivity contribution in [2.75, 3.05) is 13.7 Å². The van der Waals surface area contributed by atoms with E-state index in [9.17, 15) is 19.2 Å². The lowest BCUT2D eigenvalue weighted by atomic mass is 10.1. The molecule has 4 atom stereocenters. The normalized spacial score (nSPS) is 24.1. The summed E-state index contributed by atoms with van der Waals surface area (Å²) in [5.41, 5.74) is 0. The number of aromatic nitrogens is 3. The number of hydrogen-bond donors (Lipinski definition) is 0. The largest absolute Gasteiger partial charge is 0.463 e. The summed E-state index contributed by atoms with van der Waals surface area (Å²) in [6.45, 7) is 3.30. The third-order valence-electron chi connectivity index (χ3n) is 3.48. The predicted octanol–water partition coefficient (Wildman–Crippen LogP) is -0.611. The molecule has 0 unspecified atom stereocenters. The van der Waals surface area contributed by atoms with Gasteiger partial charge < -0.3 is 23.7 Å². The molecule has 2 rings (SSSR count). The molecule has 27 heavy (non-hydrogen) atoms. The number of esters is 4. The van der Waals surface area contributed by atoms with Gasteiger partial charge in [0.1, 0.15) is 19.0 Å². The summed E-state index contributed by atoms with van der Waals surface area (Å²) in [5, 5.41) is 3.93. The van der Waals surface area contributed by atoms with E-state index in [0.29, 0.717) is 0 Å². The molecule has 1 fully saturated rings. The van der Waals surface area contributed by atoms with Crippen molar-refractivity contribution < 1.29 is 42.9 Å². The number of methoxy groups -OCH3 is 1. The smallest absolute Gasteiger partial charge is 0.377 e. The van der Waals surface area contributed by atoms with Gasteiger partial charge in [0.05, 0.1) is 7.11 Å². The molecule has 1 aliphatic heterocycles. The first kappa shape index (κ1) is 20.3. The van der Waals surface area contributed by atoms with Crippen molar-refractivity contribution in [3.63, 3.8) is 0 Å². The summed E-state index contributed by atoms with van der Waals surface area (Å²) in [6, 6.07) is 0. The fraction of sp³-hybridized carbons (Fsp3) is 0.600. The highest BCUT2D eigenvalue weighted by Gasteiger charge is 2.51. The number of nitrogens with zero attached hydrogens (tertiary/aromatic N) is 3. The van der Waals surface area contributed by atoms with Crippen LogP contribution >= 0.6 is 0 Å². The lowest BCUT2D eigenvalue weighted by Crippen LogP contribution is -2.40. The van der Waals surface area contributed by atoms with Crippen molar-refractivity contribution in [2.45, 2.75) is 45.3 Å². The highest BCUT2D eigenvalue weighted by molar-refractivity contribution is 5.84. The number of rotatable bonds is 6. The predicted molar refractivity (Wildman–Crippen MR) is 83.0 cm³/mol. The zero-order chi connectivity index (χ0) is 20.1. The van der Waals surface area contributed by atoms with Crippen molar-refractivity contribution in [2.24, 2.45) is 0 Å². The first-order valence-corrected chi connectivity index (χ1v) is 7.85. The summed E-state index contributed by atoms with van der Waals surface area (Å²) in [7, 11) is 1.17. The van der Waals surface area contributed by atoms with E-state index >= 15 is 0 Å². The van der Waals surface area contributed by atoms with E-state index in [1.165, 1.54) is 34.2 Å². The average molecular weight is 385 g/mol. The minimum atomic E-state index is -1.11. The van der Waals surface area contributed by atoms with Crippen molar-refractivity contribution in [3.8, 4) is 0 Å². The Morgan fingerprint density at radius 1 is 1.07 bits per heavy atom. The lowest BCUT2D eigenvalue weighted by Gasteiger charge is -2.23. The Morgan fingerprint density at radius 3 is 2.26 bits per heavy atom. The van der Waals surface area contributed by atoms with E-state index in [4.69, 9.17) is 18.9 Å². The van der Waals surface area contributed by atoms with E-state index in [-0.39, 0.29) is 12.4 Å². The summed E-state index contributed by atoms with van der Waals surface area (Å²) in [5.74, 6) is -2.89. The molecular formula is C15H19N3O9. The quantitative estimate of drug-likeness (QED) is 0.456. The van der Waals surface area contributed by atoms with Crippen LogP contribution in [0, 0.1) is 0 Å². The van der Waals surface area contributed by atoms with Crippen molar-refractivity contribution >= 4 is 23.9 Å². The monoisotopic (exact) mass is 385 g/mol. The molecule has 0 aromatic carbocycles. The van der Waals surface area contributed by atoms with Crippen LogP contribution in [0.1, 0.15) is 37.6 Å². The molecule has 12 nitrogen and oxygen atoms in total. The molecule has 1 aromatic rings. The Kier molecular flexibility index (Phi) is 6.45. The summed E-state index contributed by atoms with van der Waals surface area (Å²) in [4.78, 5) is 49.4. The molecule has 0 aliphatic carbocycles. The van der Waals surface area contributed by atoms with Gasteiger partial charge in [0, 0.05) is 20.8 Å². The van der Waals surface area contributed by atoms with Gasteiger partial charge in [0.15, 0.2) is 18.4 Å². The first-order chi connectivity index (χ1) is 12.7.